The zero-order valence-corrected chi connectivity index (χ0v) is 12.8. The van der Waals surface area contributed by atoms with E-state index in [-0.39, 0.29) is 30.0 Å². The molecule has 2 heterocycles. The average molecular weight is 292 g/mol. The van der Waals surface area contributed by atoms with Gasteiger partial charge in [-0.15, -0.1) is 0 Å². The van der Waals surface area contributed by atoms with Crippen LogP contribution in [0.2, 0.25) is 0 Å². The molecule has 1 aliphatic rings. The maximum absolute atomic E-state index is 12.3. The van der Waals surface area contributed by atoms with Crippen LogP contribution in [0.4, 0.5) is 0 Å². The van der Waals surface area contributed by atoms with E-state index in [9.17, 15) is 14.7 Å². The van der Waals surface area contributed by atoms with Gasteiger partial charge in [0, 0.05) is 31.5 Å². The fraction of sp³-hybridized carbons (Fsp3) is 0.625. The molecule has 0 atom stereocenters. The van der Waals surface area contributed by atoms with E-state index in [1.54, 1.807) is 30.2 Å². The molecule has 2 rings (SSSR count). The summed E-state index contributed by atoms with van der Waals surface area (Å²) in [4.78, 5) is 26.1. The zero-order valence-electron chi connectivity index (χ0n) is 12.8. The Balaban J connectivity index is 2.00. The number of carbonyl (C=O) groups is 1. The Labute approximate surface area is 125 Å². The van der Waals surface area contributed by atoms with Crippen molar-refractivity contribution in [1.82, 2.24) is 9.47 Å². The maximum Gasteiger partial charge on any atom is 0.253 e. The molecule has 1 aromatic rings. The van der Waals surface area contributed by atoms with Crippen molar-refractivity contribution in [2.75, 3.05) is 19.7 Å². The SMILES string of the molecule is CCC1(CO)CCN(C(=O)Cn2cccc(C)c2=O)CC1. The number of nitrogens with zero attached hydrogens (tertiary/aromatic N) is 2. The summed E-state index contributed by atoms with van der Waals surface area (Å²) in [5.74, 6) is -0.0228. The summed E-state index contributed by atoms with van der Waals surface area (Å²) in [6.07, 6.45) is 4.24. The molecule has 0 aromatic carbocycles. The van der Waals surface area contributed by atoms with Gasteiger partial charge in [-0.2, -0.15) is 0 Å². The molecule has 0 unspecified atom stereocenters. The molecule has 21 heavy (non-hydrogen) atoms. The summed E-state index contributed by atoms with van der Waals surface area (Å²) in [6.45, 7) is 5.43. The first-order valence-corrected chi connectivity index (χ1v) is 7.56. The quantitative estimate of drug-likeness (QED) is 0.906. The van der Waals surface area contributed by atoms with Crippen LogP contribution in [0.5, 0.6) is 0 Å². The summed E-state index contributed by atoms with van der Waals surface area (Å²) >= 11 is 0. The van der Waals surface area contributed by atoms with E-state index in [1.807, 2.05) is 0 Å². The van der Waals surface area contributed by atoms with Crippen molar-refractivity contribution in [2.24, 2.45) is 5.41 Å². The predicted octanol–water partition coefficient (Wildman–Crippen LogP) is 1.17. The fourth-order valence-corrected chi connectivity index (χ4v) is 2.88. The molecule has 1 amide bonds. The molecule has 5 heteroatoms. The minimum Gasteiger partial charge on any atom is -0.396 e. The highest BCUT2D eigenvalue weighted by molar-refractivity contribution is 5.76. The van der Waals surface area contributed by atoms with Crippen LogP contribution >= 0.6 is 0 Å². The van der Waals surface area contributed by atoms with Crippen molar-refractivity contribution in [2.45, 2.75) is 39.7 Å². The minimum atomic E-state index is -0.110. The minimum absolute atomic E-state index is 0.0228. The first-order valence-electron chi connectivity index (χ1n) is 7.56. The number of rotatable bonds is 4. The smallest absolute Gasteiger partial charge is 0.253 e. The van der Waals surface area contributed by atoms with Gasteiger partial charge < -0.3 is 14.6 Å². The first-order chi connectivity index (χ1) is 10.0. The number of hydrogen-bond donors (Lipinski definition) is 1. The van der Waals surface area contributed by atoms with E-state index in [4.69, 9.17) is 0 Å². The van der Waals surface area contributed by atoms with Crippen molar-refractivity contribution in [1.29, 1.82) is 0 Å². The Morgan fingerprint density at radius 2 is 2.05 bits per heavy atom. The highest BCUT2D eigenvalue weighted by Gasteiger charge is 2.33. The summed E-state index contributed by atoms with van der Waals surface area (Å²) in [5, 5.41) is 9.52. The molecule has 0 saturated carbocycles. The number of aliphatic hydroxyl groups excluding tert-OH is 1. The van der Waals surface area contributed by atoms with Crippen molar-refractivity contribution in [3.8, 4) is 0 Å². The Bertz CT molecular complexity index is 551. The molecular formula is C16H24N2O3. The second-order valence-corrected chi connectivity index (χ2v) is 6.02. The molecule has 116 valence electrons. The predicted molar refractivity (Wildman–Crippen MR) is 81.1 cm³/mol. The van der Waals surface area contributed by atoms with Crippen molar-refractivity contribution in [3.05, 3.63) is 34.2 Å². The van der Waals surface area contributed by atoms with Crippen LogP contribution in [0, 0.1) is 12.3 Å². The van der Waals surface area contributed by atoms with E-state index < -0.39 is 0 Å². The Morgan fingerprint density at radius 1 is 1.38 bits per heavy atom. The summed E-state index contributed by atoms with van der Waals surface area (Å²) in [6, 6.07) is 3.54. The van der Waals surface area contributed by atoms with Gasteiger partial charge in [0.2, 0.25) is 5.91 Å². The van der Waals surface area contributed by atoms with Gasteiger partial charge in [-0.25, -0.2) is 0 Å². The van der Waals surface area contributed by atoms with Crippen LogP contribution in [0.1, 0.15) is 31.7 Å². The van der Waals surface area contributed by atoms with Gasteiger partial charge in [0.1, 0.15) is 6.54 Å². The number of hydrogen-bond acceptors (Lipinski definition) is 3. The number of amides is 1. The number of piperidine rings is 1. The largest absolute Gasteiger partial charge is 0.396 e. The number of carbonyl (C=O) groups excluding carboxylic acids is 1. The van der Waals surface area contributed by atoms with E-state index >= 15 is 0 Å². The summed E-state index contributed by atoms with van der Waals surface area (Å²) in [7, 11) is 0. The van der Waals surface area contributed by atoms with Gasteiger partial charge in [-0.1, -0.05) is 13.0 Å². The molecule has 1 saturated heterocycles. The van der Waals surface area contributed by atoms with Gasteiger partial charge in [0.15, 0.2) is 0 Å². The van der Waals surface area contributed by atoms with Crippen LogP contribution < -0.4 is 5.56 Å². The van der Waals surface area contributed by atoms with Crippen LogP contribution in [-0.4, -0.2) is 40.2 Å². The average Bonchev–Trinajstić information content (AvgIpc) is 2.52. The monoisotopic (exact) mass is 292 g/mol. The first kappa shape index (κ1) is 15.8. The lowest BCUT2D eigenvalue weighted by molar-refractivity contribution is -0.134. The van der Waals surface area contributed by atoms with E-state index in [0.717, 1.165) is 19.3 Å². The normalized spacial score (nSPS) is 17.8. The lowest BCUT2D eigenvalue weighted by Crippen LogP contribution is -2.46. The maximum atomic E-state index is 12.3. The third kappa shape index (κ3) is 3.35. The number of aromatic nitrogens is 1. The Morgan fingerprint density at radius 3 is 2.62 bits per heavy atom. The molecule has 1 N–H and O–H groups in total. The van der Waals surface area contributed by atoms with Crippen LogP contribution in [0.15, 0.2) is 23.1 Å². The van der Waals surface area contributed by atoms with Gasteiger partial charge in [0.25, 0.3) is 5.56 Å². The molecule has 0 bridgehead atoms. The van der Waals surface area contributed by atoms with Crippen molar-refractivity contribution >= 4 is 5.91 Å². The third-order valence-corrected chi connectivity index (χ3v) is 4.78. The Hall–Kier alpha value is -1.62. The van der Waals surface area contributed by atoms with E-state index in [1.165, 1.54) is 4.57 Å². The second-order valence-electron chi connectivity index (χ2n) is 6.02. The van der Waals surface area contributed by atoms with Gasteiger partial charge in [-0.3, -0.25) is 9.59 Å². The molecule has 5 nitrogen and oxygen atoms in total. The lowest BCUT2D eigenvalue weighted by Gasteiger charge is -2.40. The van der Waals surface area contributed by atoms with Crippen molar-refractivity contribution in [3.63, 3.8) is 0 Å². The number of aliphatic hydroxyl groups is 1. The van der Waals surface area contributed by atoms with Crippen LogP contribution in [-0.2, 0) is 11.3 Å². The van der Waals surface area contributed by atoms with Crippen LogP contribution in [0.25, 0.3) is 0 Å². The summed E-state index contributed by atoms with van der Waals surface area (Å²) in [5.41, 5.74) is 0.507. The van der Waals surface area contributed by atoms with E-state index in [2.05, 4.69) is 6.92 Å². The van der Waals surface area contributed by atoms with Gasteiger partial charge in [-0.05, 0) is 37.7 Å². The number of aryl methyl sites for hydroxylation is 1. The van der Waals surface area contributed by atoms with E-state index in [0.29, 0.717) is 18.7 Å². The summed E-state index contributed by atoms with van der Waals surface area (Å²) < 4.78 is 1.46. The molecule has 1 fully saturated rings. The van der Waals surface area contributed by atoms with Gasteiger partial charge >= 0.3 is 0 Å². The molecular weight excluding hydrogens is 268 g/mol. The number of likely N-dealkylation sites (tertiary alicyclic amines) is 1. The molecule has 0 radical (unpaired) electrons. The van der Waals surface area contributed by atoms with Gasteiger partial charge in [0.05, 0.1) is 0 Å². The zero-order chi connectivity index (χ0) is 15.5. The molecule has 0 spiro atoms. The van der Waals surface area contributed by atoms with Crippen molar-refractivity contribution < 1.29 is 9.90 Å². The van der Waals surface area contributed by atoms with Crippen LogP contribution in [0.3, 0.4) is 0 Å². The molecule has 0 aliphatic carbocycles. The fourth-order valence-electron chi connectivity index (χ4n) is 2.88. The highest BCUT2D eigenvalue weighted by atomic mass is 16.3. The topological polar surface area (TPSA) is 62.5 Å². The third-order valence-electron chi connectivity index (χ3n) is 4.78. The lowest BCUT2D eigenvalue weighted by atomic mass is 9.77. The number of pyridine rings is 1. The highest BCUT2D eigenvalue weighted by Crippen LogP contribution is 2.34. The molecule has 1 aromatic heterocycles. The second kappa shape index (κ2) is 6.43. The standard InChI is InChI=1S/C16H24N2O3/c1-3-16(12-19)6-9-17(10-7-16)14(20)11-18-8-4-5-13(2)15(18)21/h4-5,8,19H,3,6-7,9-12H2,1-2H3. The molecule has 1 aliphatic heterocycles. The Kier molecular flexibility index (Phi) is 4.83.